The lowest BCUT2D eigenvalue weighted by Gasteiger charge is -2.14. The van der Waals surface area contributed by atoms with Crippen molar-refractivity contribution in [3.63, 3.8) is 0 Å². The number of guanidine groups is 1. The predicted molar refractivity (Wildman–Crippen MR) is 114 cm³/mol. The van der Waals surface area contributed by atoms with Gasteiger partial charge in [-0.05, 0) is 67.4 Å². The first kappa shape index (κ1) is 22.0. The maximum atomic E-state index is 13.0. The molecule has 2 aromatic carbocycles. The zero-order valence-electron chi connectivity index (χ0n) is 17.0. The van der Waals surface area contributed by atoms with Crippen molar-refractivity contribution >= 4 is 17.6 Å². The third-order valence-corrected chi connectivity index (χ3v) is 4.58. The number of aryl methyl sites for hydroxylation is 2. The van der Waals surface area contributed by atoms with Crippen LogP contribution in [0.5, 0.6) is 0 Å². The Hall–Kier alpha value is -3.68. The number of benzene rings is 2. The van der Waals surface area contributed by atoms with Crippen LogP contribution >= 0.6 is 0 Å². The van der Waals surface area contributed by atoms with Crippen LogP contribution in [0.15, 0.2) is 71.9 Å². The first-order valence-electron chi connectivity index (χ1n) is 9.49. The Labute approximate surface area is 178 Å². The van der Waals surface area contributed by atoms with E-state index in [9.17, 15) is 18.0 Å². The van der Waals surface area contributed by atoms with Crippen LogP contribution < -0.4 is 10.6 Å². The second kappa shape index (κ2) is 9.42. The monoisotopic (exact) mass is 426 g/mol. The molecule has 1 heterocycles. The third-order valence-electron chi connectivity index (χ3n) is 4.58. The number of halogens is 3. The molecule has 0 unspecified atom stereocenters. The molecule has 0 saturated heterocycles. The average Bonchev–Trinajstić information content (AvgIpc) is 2.74. The molecule has 0 fully saturated rings. The summed E-state index contributed by atoms with van der Waals surface area (Å²) in [5, 5.41) is 5.43. The van der Waals surface area contributed by atoms with Crippen LogP contribution in [0.1, 0.15) is 32.7 Å². The predicted octanol–water partition coefficient (Wildman–Crippen LogP) is 5.12. The molecule has 0 bridgehead atoms. The molecule has 0 atom stereocenters. The van der Waals surface area contributed by atoms with Gasteiger partial charge in [-0.25, -0.2) is 4.99 Å². The van der Waals surface area contributed by atoms with Gasteiger partial charge in [0.15, 0.2) is 0 Å². The number of nitrogens with zero attached hydrogens (tertiary/aromatic N) is 2. The van der Waals surface area contributed by atoms with Gasteiger partial charge >= 0.3 is 6.18 Å². The number of aliphatic imine (C=N–C) groups is 1. The van der Waals surface area contributed by atoms with Crippen molar-refractivity contribution in [2.45, 2.75) is 26.6 Å². The highest BCUT2D eigenvalue weighted by atomic mass is 19.4. The van der Waals surface area contributed by atoms with Gasteiger partial charge in [0.05, 0.1) is 17.8 Å². The Kier molecular flexibility index (Phi) is 6.69. The van der Waals surface area contributed by atoms with Crippen molar-refractivity contribution in [1.29, 1.82) is 0 Å². The number of pyridine rings is 1. The second-order valence-electron chi connectivity index (χ2n) is 6.94. The fourth-order valence-corrected chi connectivity index (χ4v) is 2.73. The highest BCUT2D eigenvalue weighted by molar-refractivity contribution is 6.10. The topological polar surface area (TPSA) is 66.4 Å². The van der Waals surface area contributed by atoms with Crippen molar-refractivity contribution in [3.8, 4) is 0 Å². The van der Waals surface area contributed by atoms with Crippen LogP contribution in [0.4, 0.5) is 18.9 Å². The summed E-state index contributed by atoms with van der Waals surface area (Å²) in [6.45, 7) is 3.96. The molecule has 0 aliphatic rings. The lowest BCUT2D eigenvalue weighted by molar-refractivity contribution is -0.137. The molecule has 3 aromatic rings. The fourth-order valence-electron chi connectivity index (χ4n) is 2.73. The van der Waals surface area contributed by atoms with Crippen molar-refractivity contribution in [1.82, 2.24) is 10.3 Å². The zero-order valence-corrected chi connectivity index (χ0v) is 17.0. The molecule has 160 valence electrons. The van der Waals surface area contributed by atoms with Gasteiger partial charge in [-0.3, -0.25) is 15.1 Å². The van der Waals surface area contributed by atoms with E-state index in [0.717, 1.165) is 23.3 Å². The number of nitrogens with one attached hydrogen (secondary N) is 2. The standard InChI is InChI=1S/C23H21F3N4O/c1-15-9-10-17(12-16(15)2)21(31)30-22(28-14-20-7-3-4-11-27-20)29-19-8-5-6-18(13-19)23(24,25)26/h3-13H,14H2,1-2H3,(H2,28,29,30,31). The molecule has 0 aliphatic carbocycles. The number of hydrogen-bond acceptors (Lipinski definition) is 3. The molecule has 2 N–H and O–H groups in total. The van der Waals surface area contributed by atoms with Crippen LogP contribution in [0.25, 0.3) is 0 Å². The summed E-state index contributed by atoms with van der Waals surface area (Å²) < 4.78 is 39.1. The fraction of sp³-hybridized carbons (Fsp3) is 0.174. The van der Waals surface area contributed by atoms with E-state index in [1.807, 2.05) is 19.9 Å². The quantitative estimate of drug-likeness (QED) is 0.450. The molecule has 5 nitrogen and oxygen atoms in total. The molecule has 0 saturated carbocycles. The first-order valence-corrected chi connectivity index (χ1v) is 9.49. The Morgan fingerprint density at radius 2 is 1.81 bits per heavy atom. The average molecular weight is 426 g/mol. The van der Waals surface area contributed by atoms with E-state index in [2.05, 4.69) is 20.6 Å². The second-order valence-corrected chi connectivity index (χ2v) is 6.94. The number of anilines is 1. The Bertz CT molecular complexity index is 1100. The van der Waals surface area contributed by atoms with Gasteiger partial charge in [-0.1, -0.05) is 18.2 Å². The zero-order chi connectivity index (χ0) is 22.4. The lowest BCUT2D eigenvalue weighted by Crippen LogP contribution is -2.36. The third kappa shape index (κ3) is 6.15. The molecule has 31 heavy (non-hydrogen) atoms. The maximum absolute atomic E-state index is 13.0. The van der Waals surface area contributed by atoms with Crippen molar-refractivity contribution < 1.29 is 18.0 Å². The molecule has 8 heteroatoms. The number of carbonyl (C=O) groups is 1. The number of amides is 1. The summed E-state index contributed by atoms with van der Waals surface area (Å²) in [4.78, 5) is 21.2. The van der Waals surface area contributed by atoms with Gasteiger partial charge in [-0.15, -0.1) is 0 Å². The lowest BCUT2D eigenvalue weighted by atomic mass is 10.1. The first-order chi connectivity index (χ1) is 14.7. The van der Waals surface area contributed by atoms with Crippen LogP contribution in [0.2, 0.25) is 0 Å². The minimum absolute atomic E-state index is 0.0215. The summed E-state index contributed by atoms with van der Waals surface area (Å²) in [6, 6.07) is 15.2. The van der Waals surface area contributed by atoms with E-state index in [0.29, 0.717) is 11.3 Å². The summed E-state index contributed by atoms with van der Waals surface area (Å²) >= 11 is 0. The molecular formula is C23H21F3N4O. The Morgan fingerprint density at radius 3 is 2.48 bits per heavy atom. The van der Waals surface area contributed by atoms with Gasteiger partial charge in [0.1, 0.15) is 0 Å². The van der Waals surface area contributed by atoms with E-state index in [4.69, 9.17) is 0 Å². The number of alkyl halides is 3. The van der Waals surface area contributed by atoms with E-state index < -0.39 is 17.6 Å². The van der Waals surface area contributed by atoms with Crippen molar-refractivity contribution in [3.05, 3.63) is 94.8 Å². The van der Waals surface area contributed by atoms with Crippen LogP contribution in [-0.2, 0) is 12.7 Å². The Morgan fingerprint density at radius 1 is 1.00 bits per heavy atom. The number of aromatic nitrogens is 1. The maximum Gasteiger partial charge on any atom is 0.416 e. The van der Waals surface area contributed by atoms with Gasteiger partial charge in [-0.2, -0.15) is 13.2 Å². The van der Waals surface area contributed by atoms with Crippen molar-refractivity contribution in [2.75, 3.05) is 5.32 Å². The van der Waals surface area contributed by atoms with Gasteiger partial charge in [0.2, 0.25) is 5.96 Å². The largest absolute Gasteiger partial charge is 0.416 e. The highest BCUT2D eigenvalue weighted by Gasteiger charge is 2.30. The molecule has 3 rings (SSSR count). The summed E-state index contributed by atoms with van der Waals surface area (Å²) in [5.41, 5.74) is 2.40. The van der Waals surface area contributed by atoms with Gasteiger partial charge in [0, 0.05) is 17.4 Å². The smallest absolute Gasteiger partial charge is 0.326 e. The van der Waals surface area contributed by atoms with E-state index >= 15 is 0 Å². The summed E-state index contributed by atoms with van der Waals surface area (Å²) in [6.07, 6.45) is -2.87. The normalized spacial score (nSPS) is 11.8. The molecule has 1 amide bonds. The van der Waals surface area contributed by atoms with E-state index in [1.54, 1.807) is 36.5 Å². The number of rotatable bonds is 4. The van der Waals surface area contributed by atoms with Gasteiger partial charge < -0.3 is 5.32 Å². The molecule has 1 aromatic heterocycles. The molecule has 0 spiro atoms. The minimum atomic E-state index is -4.48. The summed E-state index contributed by atoms with van der Waals surface area (Å²) in [5.74, 6) is -0.407. The van der Waals surface area contributed by atoms with E-state index in [1.165, 1.54) is 12.1 Å². The summed E-state index contributed by atoms with van der Waals surface area (Å²) in [7, 11) is 0. The molecule has 0 radical (unpaired) electrons. The number of hydrogen-bond donors (Lipinski definition) is 2. The SMILES string of the molecule is Cc1ccc(C(=O)NC(=NCc2ccccn2)Nc2cccc(C(F)(F)F)c2)cc1C. The van der Waals surface area contributed by atoms with E-state index in [-0.39, 0.29) is 18.2 Å². The minimum Gasteiger partial charge on any atom is -0.326 e. The highest BCUT2D eigenvalue weighted by Crippen LogP contribution is 2.30. The van der Waals surface area contributed by atoms with Crippen LogP contribution in [0.3, 0.4) is 0 Å². The van der Waals surface area contributed by atoms with Crippen LogP contribution in [-0.4, -0.2) is 16.9 Å². The molecule has 0 aliphatic heterocycles. The van der Waals surface area contributed by atoms with Crippen molar-refractivity contribution in [2.24, 2.45) is 4.99 Å². The molecular weight excluding hydrogens is 405 g/mol. The Balaban J connectivity index is 1.85. The van der Waals surface area contributed by atoms with Gasteiger partial charge in [0.25, 0.3) is 5.91 Å². The van der Waals surface area contributed by atoms with Crippen LogP contribution in [0, 0.1) is 13.8 Å². The number of carbonyl (C=O) groups excluding carboxylic acids is 1.